The molecular weight excluding hydrogens is 257 g/mol. The monoisotopic (exact) mass is 269 g/mol. The molecule has 0 aliphatic carbocycles. The molecule has 0 radical (unpaired) electrons. The van der Waals surface area contributed by atoms with Crippen LogP contribution >= 0.6 is 0 Å². The van der Waals surface area contributed by atoms with Gasteiger partial charge in [-0.05, 0) is 30.3 Å². The van der Waals surface area contributed by atoms with Crippen molar-refractivity contribution in [3.05, 3.63) is 64.6 Å². The van der Waals surface area contributed by atoms with E-state index in [1.165, 1.54) is 18.2 Å². The van der Waals surface area contributed by atoms with E-state index >= 15 is 0 Å². The van der Waals surface area contributed by atoms with Crippen molar-refractivity contribution in [1.29, 1.82) is 0 Å². The number of nitrogens with one attached hydrogen (secondary N) is 1. The lowest BCUT2D eigenvalue weighted by Crippen LogP contribution is -2.03. The Hall–Kier alpha value is -2.62. The van der Waals surface area contributed by atoms with Crippen molar-refractivity contribution in [3.8, 4) is 17.0 Å². The number of halogens is 1. The van der Waals surface area contributed by atoms with Crippen molar-refractivity contribution in [2.24, 2.45) is 0 Å². The Kier molecular flexibility index (Phi) is 2.99. The molecule has 1 heterocycles. The maximum absolute atomic E-state index is 13.2. The van der Waals surface area contributed by atoms with Gasteiger partial charge in [-0.2, -0.15) is 0 Å². The van der Waals surface area contributed by atoms with Gasteiger partial charge in [-0.15, -0.1) is 0 Å². The molecule has 4 heteroatoms. The molecule has 0 aliphatic rings. The zero-order valence-corrected chi connectivity index (χ0v) is 10.8. The van der Waals surface area contributed by atoms with Crippen molar-refractivity contribution in [1.82, 2.24) is 4.98 Å². The molecule has 0 saturated heterocycles. The molecule has 3 rings (SSSR count). The molecule has 1 N–H and O–H groups in total. The summed E-state index contributed by atoms with van der Waals surface area (Å²) in [7, 11) is 1.59. The second-order valence-electron chi connectivity index (χ2n) is 4.47. The van der Waals surface area contributed by atoms with Crippen LogP contribution in [0.2, 0.25) is 0 Å². The number of fused-ring (bicyclic) bond motifs is 1. The highest BCUT2D eigenvalue weighted by atomic mass is 19.1. The Labute approximate surface area is 114 Å². The molecule has 0 atom stereocenters. The van der Waals surface area contributed by atoms with Gasteiger partial charge >= 0.3 is 0 Å². The number of rotatable bonds is 2. The van der Waals surface area contributed by atoms with Gasteiger partial charge in [0.15, 0.2) is 5.43 Å². The first-order chi connectivity index (χ1) is 9.67. The number of H-pyrrole nitrogens is 1. The van der Waals surface area contributed by atoms with Crippen molar-refractivity contribution in [2.75, 3.05) is 7.11 Å². The van der Waals surface area contributed by atoms with Crippen LogP contribution in [-0.2, 0) is 0 Å². The van der Waals surface area contributed by atoms with Crippen molar-refractivity contribution in [3.63, 3.8) is 0 Å². The van der Waals surface area contributed by atoms with Gasteiger partial charge in [0.05, 0.1) is 7.11 Å². The molecule has 20 heavy (non-hydrogen) atoms. The number of ether oxygens (including phenoxy) is 1. The van der Waals surface area contributed by atoms with Gasteiger partial charge in [-0.1, -0.05) is 12.1 Å². The smallest absolute Gasteiger partial charge is 0.190 e. The summed E-state index contributed by atoms with van der Waals surface area (Å²) in [5.74, 6) is 0.291. The Morgan fingerprint density at radius 3 is 2.75 bits per heavy atom. The fourth-order valence-electron chi connectivity index (χ4n) is 2.17. The number of hydrogen-bond acceptors (Lipinski definition) is 2. The number of benzene rings is 2. The lowest BCUT2D eigenvalue weighted by molar-refractivity contribution is 0.415. The van der Waals surface area contributed by atoms with Crippen molar-refractivity contribution < 1.29 is 9.13 Å². The van der Waals surface area contributed by atoms with Crippen LogP contribution in [0.4, 0.5) is 4.39 Å². The summed E-state index contributed by atoms with van der Waals surface area (Å²) in [4.78, 5) is 15.2. The largest absolute Gasteiger partial charge is 0.497 e. The molecule has 3 aromatic rings. The fraction of sp³-hybridized carbons (Fsp3) is 0.0625. The van der Waals surface area contributed by atoms with Gasteiger partial charge in [-0.25, -0.2) is 4.39 Å². The Balaban J connectivity index is 2.22. The van der Waals surface area contributed by atoms with E-state index < -0.39 is 5.82 Å². The number of aromatic nitrogens is 1. The van der Waals surface area contributed by atoms with Gasteiger partial charge in [-0.3, -0.25) is 4.79 Å². The van der Waals surface area contributed by atoms with Crippen LogP contribution in [0.3, 0.4) is 0 Å². The van der Waals surface area contributed by atoms with Crippen LogP contribution in [0.15, 0.2) is 53.3 Å². The summed E-state index contributed by atoms with van der Waals surface area (Å²) in [5.41, 5.74) is 1.91. The van der Waals surface area contributed by atoms with Gasteiger partial charge in [0.1, 0.15) is 11.6 Å². The predicted octanol–water partition coefficient (Wildman–Crippen LogP) is 3.34. The normalized spacial score (nSPS) is 10.7. The number of pyridine rings is 1. The molecule has 0 unspecified atom stereocenters. The minimum absolute atomic E-state index is 0.212. The average Bonchev–Trinajstić information content (AvgIpc) is 2.48. The van der Waals surface area contributed by atoms with E-state index in [-0.39, 0.29) is 5.43 Å². The molecule has 0 saturated carbocycles. The quantitative estimate of drug-likeness (QED) is 0.775. The number of hydrogen-bond donors (Lipinski definition) is 1. The van der Waals surface area contributed by atoms with Crippen molar-refractivity contribution in [2.45, 2.75) is 0 Å². The van der Waals surface area contributed by atoms with E-state index in [1.807, 2.05) is 24.3 Å². The van der Waals surface area contributed by atoms with Gasteiger partial charge in [0.25, 0.3) is 0 Å². The zero-order valence-electron chi connectivity index (χ0n) is 10.8. The Bertz CT molecular complexity index is 839. The maximum atomic E-state index is 13.2. The number of methoxy groups -OCH3 is 1. The van der Waals surface area contributed by atoms with Crippen LogP contribution in [0.5, 0.6) is 5.75 Å². The van der Waals surface area contributed by atoms with Crippen LogP contribution < -0.4 is 10.2 Å². The van der Waals surface area contributed by atoms with Gasteiger partial charge in [0.2, 0.25) is 0 Å². The Morgan fingerprint density at radius 2 is 1.95 bits per heavy atom. The zero-order chi connectivity index (χ0) is 14.1. The third-order valence-corrected chi connectivity index (χ3v) is 3.17. The van der Waals surface area contributed by atoms with Crippen LogP contribution in [0.1, 0.15) is 0 Å². The summed E-state index contributed by atoms with van der Waals surface area (Å²) >= 11 is 0. The van der Waals surface area contributed by atoms with E-state index in [1.54, 1.807) is 13.2 Å². The molecule has 0 aliphatic heterocycles. The highest BCUT2D eigenvalue weighted by Gasteiger charge is 2.06. The molecule has 0 amide bonds. The third kappa shape index (κ3) is 2.16. The molecule has 0 fully saturated rings. The maximum Gasteiger partial charge on any atom is 0.190 e. The first-order valence-electron chi connectivity index (χ1n) is 6.14. The predicted molar refractivity (Wildman–Crippen MR) is 76.5 cm³/mol. The molecule has 100 valence electrons. The summed E-state index contributed by atoms with van der Waals surface area (Å²) in [6.45, 7) is 0. The van der Waals surface area contributed by atoms with E-state index in [9.17, 15) is 9.18 Å². The second-order valence-corrected chi connectivity index (χ2v) is 4.47. The highest BCUT2D eigenvalue weighted by molar-refractivity contribution is 5.81. The lowest BCUT2D eigenvalue weighted by atomic mass is 10.1. The second kappa shape index (κ2) is 4.81. The van der Waals surface area contributed by atoms with Gasteiger partial charge in [0, 0.05) is 28.2 Å². The van der Waals surface area contributed by atoms with Crippen LogP contribution in [-0.4, -0.2) is 12.1 Å². The highest BCUT2D eigenvalue weighted by Crippen LogP contribution is 2.22. The first kappa shape index (κ1) is 12.4. The van der Waals surface area contributed by atoms with Crippen LogP contribution in [0.25, 0.3) is 22.2 Å². The summed E-state index contributed by atoms with van der Waals surface area (Å²) in [6.07, 6.45) is 0. The Morgan fingerprint density at radius 1 is 1.10 bits per heavy atom. The first-order valence-corrected chi connectivity index (χ1v) is 6.14. The third-order valence-electron chi connectivity index (χ3n) is 3.17. The molecular formula is C16H12FNO2. The molecule has 3 nitrogen and oxygen atoms in total. The molecule has 0 bridgehead atoms. The fourth-order valence-corrected chi connectivity index (χ4v) is 2.17. The summed E-state index contributed by atoms with van der Waals surface area (Å²) in [5, 5.41) is 0.344. The SMILES string of the molecule is COc1cccc(-c2cc(=O)c3cc(F)ccc3[nH]2)c1. The summed E-state index contributed by atoms with van der Waals surface area (Å²) in [6, 6.07) is 13.0. The average molecular weight is 269 g/mol. The lowest BCUT2D eigenvalue weighted by Gasteiger charge is -2.06. The van der Waals surface area contributed by atoms with E-state index in [0.29, 0.717) is 22.3 Å². The van der Waals surface area contributed by atoms with E-state index in [0.717, 1.165) is 5.56 Å². The van der Waals surface area contributed by atoms with E-state index in [2.05, 4.69) is 4.98 Å². The molecule has 1 aromatic heterocycles. The minimum atomic E-state index is -0.419. The topological polar surface area (TPSA) is 42.1 Å². The number of aromatic amines is 1. The molecule has 2 aromatic carbocycles. The van der Waals surface area contributed by atoms with Crippen molar-refractivity contribution >= 4 is 10.9 Å². The minimum Gasteiger partial charge on any atom is -0.497 e. The summed E-state index contributed by atoms with van der Waals surface area (Å²) < 4.78 is 18.3. The molecule has 0 spiro atoms. The van der Waals surface area contributed by atoms with Crippen LogP contribution in [0, 0.1) is 5.82 Å². The van der Waals surface area contributed by atoms with E-state index in [4.69, 9.17) is 4.74 Å². The van der Waals surface area contributed by atoms with Gasteiger partial charge < -0.3 is 9.72 Å². The standard InChI is InChI=1S/C16H12FNO2/c1-20-12-4-2-3-10(7-12)15-9-16(19)13-8-11(17)5-6-14(13)18-15/h2-9H,1H3,(H,18,19).